The Morgan fingerprint density at radius 3 is 2.94 bits per heavy atom. The van der Waals surface area contributed by atoms with Gasteiger partial charge in [-0.3, -0.25) is 0 Å². The molecule has 0 saturated heterocycles. The molecular weight excluding hydrogens is 210 g/mol. The summed E-state index contributed by atoms with van der Waals surface area (Å²) in [6.07, 6.45) is 4.05. The molecular formula is C15H17NO. The first kappa shape index (κ1) is 10.6. The minimum Gasteiger partial charge on any atom is -0.464 e. The van der Waals surface area contributed by atoms with Crippen LogP contribution in [0, 0.1) is 5.41 Å². The Morgan fingerprint density at radius 2 is 2.12 bits per heavy atom. The largest absolute Gasteiger partial charge is 0.464 e. The van der Waals surface area contributed by atoms with E-state index in [-0.39, 0.29) is 5.41 Å². The number of furan rings is 1. The predicted octanol–water partition coefficient (Wildman–Crippen LogP) is 3.45. The van der Waals surface area contributed by atoms with Gasteiger partial charge in [0.2, 0.25) is 0 Å². The molecule has 0 radical (unpaired) electrons. The highest BCUT2D eigenvalue weighted by atomic mass is 16.3. The molecule has 1 aromatic carbocycles. The molecule has 2 heteroatoms. The monoisotopic (exact) mass is 227 g/mol. The molecule has 1 aliphatic heterocycles. The molecule has 2 aromatic rings. The lowest BCUT2D eigenvalue weighted by Gasteiger charge is -2.32. The molecule has 2 heterocycles. The van der Waals surface area contributed by atoms with Crippen LogP contribution in [0.15, 0.2) is 41.0 Å². The minimum absolute atomic E-state index is 0.152. The van der Waals surface area contributed by atoms with Gasteiger partial charge >= 0.3 is 0 Å². The Kier molecular flexibility index (Phi) is 2.33. The van der Waals surface area contributed by atoms with Crippen molar-refractivity contribution in [1.82, 2.24) is 5.32 Å². The van der Waals surface area contributed by atoms with Crippen LogP contribution < -0.4 is 5.32 Å². The molecule has 0 atom stereocenters. The number of rotatable bonds is 1. The minimum atomic E-state index is 0.152. The van der Waals surface area contributed by atoms with E-state index in [4.69, 9.17) is 4.42 Å². The molecule has 1 N–H and O–H groups in total. The quantitative estimate of drug-likeness (QED) is 0.807. The maximum Gasteiger partial charge on any atom is 0.141 e. The maximum absolute atomic E-state index is 5.63. The zero-order valence-corrected chi connectivity index (χ0v) is 10.3. The third kappa shape index (κ3) is 1.69. The van der Waals surface area contributed by atoms with Crippen molar-refractivity contribution in [3.05, 3.63) is 42.2 Å². The summed E-state index contributed by atoms with van der Waals surface area (Å²) in [6.45, 7) is 6.49. The second-order valence-electron chi connectivity index (χ2n) is 5.28. The van der Waals surface area contributed by atoms with Gasteiger partial charge in [-0.15, -0.1) is 0 Å². The molecule has 0 aliphatic carbocycles. The van der Waals surface area contributed by atoms with Crippen molar-refractivity contribution in [3.63, 3.8) is 0 Å². The normalized spacial score (nSPS) is 19.3. The van der Waals surface area contributed by atoms with E-state index in [0.717, 1.165) is 18.7 Å². The van der Waals surface area contributed by atoms with Gasteiger partial charge in [-0.25, -0.2) is 0 Å². The van der Waals surface area contributed by atoms with Crippen molar-refractivity contribution in [2.24, 2.45) is 5.41 Å². The first-order valence-electron chi connectivity index (χ1n) is 6.06. The first-order chi connectivity index (χ1) is 8.18. The summed E-state index contributed by atoms with van der Waals surface area (Å²) in [5.41, 5.74) is 3.78. The van der Waals surface area contributed by atoms with Crippen LogP contribution in [0.1, 0.15) is 19.4 Å². The predicted molar refractivity (Wildman–Crippen MR) is 70.8 cm³/mol. The molecule has 88 valence electrons. The highest BCUT2D eigenvalue weighted by Crippen LogP contribution is 2.38. The van der Waals surface area contributed by atoms with Gasteiger partial charge in [-0.05, 0) is 11.6 Å². The van der Waals surface area contributed by atoms with Gasteiger partial charge in [0.05, 0.1) is 6.26 Å². The maximum atomic E-state index is 5.63. The fourth-order valence-electron chi connectivity index (χ4n) is 2.61. The van der Waals surface area contributed by atoms with E-state index < -0.39 is 0 Å². The van der Waals surface area contributed by atoms with E-state index in [1.54, 1.807) is 6.26 Å². The highest BCUT2D eigenvalue weighted by Gasteiger charge is 2.28. The Bertz CT molecular complexity index is 577. The molecule has 0 saturated carbocycles. The van der Waals surface area contributed by atoms with Crippen LogP contribution in [0.2, 0.25) is 0 Å². The van der Waals surface area contributed by atoms with Crippen molar-refractivity contribution in [1.29, 1.82) is 0 Å². The third-order valence-corrected chi connectivity index (χ3v) is 3.52. The van der Waals surface area contributed by atoms with E-state index in [0.29, 0.717) is 0 Å². The van der Waals surface area contributed by atoms with Crippen molar-refractivity contribution in [2.75, 3.05) is 13.1 Å². The molecule has 0 bridgehead atoms. The Balaban J connectivity index is 2.21. The summed E-state index contributed by atoms with van der Waals surface area (Å²) < 4.78 is 5.63. The van der Waals surface area contributed by atoms with Crippen LogP contribution in [0.3, 0.4) is 0 Å². The second kappa shape index (κ2) is 3.74. The molecule has 1 aromatic heterocycles. The van der Waals surface area contributed by atoms with Gasteiger partial charge in [0, 0.05) is 29.5 Å². The molecule has 1 aliphatic rings. The first-order valence-corrected chi connectivity index (χ1v) is 6.06. The number of benzene rings is 1. The van der Waals surface area contributed by atoms with E-state index >= 15 is 0 Å². The summed E-state index contributed by atoms with van der Waals surface area (Å²) in [5, 5.41) is 4.59. The van der Waals surface area contributed by atoms with Crippen LogP contribution in [-0.4, -0.2) is 13.1 Å². The van der Waals surface area contributed by atoms with Gasteiger partial charge < -0.3 is 9.73 Å². The van der Waals surface area contributed by atoms with Gasteiger partial charge in [-0.2, -0.15) is 0 Å². The van der Waals surface area contributed by atoms with Crippen LogP contribution in [0.4, 0.5) is 0 Å². The average molecular weight is 227 g/mol. The third-order valence-electron chi connectivity index (χ3n) is 3.52. The SMILES string of the molecule is CC1(C)CNCC=C1c1cccc2ccoc12. The zero-order valence-electron chi connectivity index (χ0n) is 10.3. The fourth-order valence-corrected chi connectivity index (χ4v) is 2.61. The van der Waals surface area contributed by atoms with Gasteiger partial charge in [-0.1, -0.05) is 38.1 Å². The Hall–Kier alpha value is -1.54. The smallest absolute Gasteiger partial charge is 0.141 e. The summed E-state index contributed by atoms with van der Waals surface area (Å²) in [6, 6.07) is 8.38. The second-order valence-corrected chi connectivity index (χ2v) is 5.28. The lowest BCUT2D eigenvalue weighted by Crippen LogP contribution is -2.35. The molecule has 0 amide bonds. The molecule has 0 fully saturated rings. The summed E-state index contributed by atoms with van der Waals surface area (Å²) in [4.78, 5) is 0. The summed E-state index contributed by atoms with van der Waals surface area (Å²) >= 11 is 0. The lowest BCUT2D eigenvalue weighted by atomic mass is 9.78. The van der Waals surface area contributed by atoms with E-state index in [2.05, 4.69) is 43.4 Å². The van der Waals surface area contributed by atoms with Crippen molar-refractivity contribution in [2.45, 2.75) is 13.8 Å². The van der Waals surface area contributed by atoms with Crippen molar-refractivity contribution < 1.29 is 4.42 Å². The summed E-state index contributed by atoms with van der Waals surface area (Å²) in [7, 11) is 0. The zero-order chi connectivity index (χ0) is 11.9. The standard InChI is InChI=1S/C15H17NO/c1-15(2)10-16-8-6-13(15)12-5-3-4-11-7-9-17-14(11)12/h3-7,9,16H,8,10H2,1-2H3. The van der Waals surface area contributed by atoms with Gasteiger partial charge in [0.25, 0.3) is 0 Å². The highest BCUT2D eigenvalue weighted by molar-refractivity contribution is 5.91. The van der Waals surface area contributed by atoms with Crippen LogP contribution >= 0.6 is 0 Å². The van der Waals surface area contributed by atoms with Gasteiger partial charge in [0.1, 0.15) is 5.58 Å². The number of fused-ring (bicyclic) bond motifs is 1. The lowest BCUT2D eigenvalue weighted by molar-refractivity contribution is 0.445. The van der Waals surface area contributed by atoms with E-state index in [1.807, 2.05) is 6.07 Å². The molecule has 3 rings (SSSR count). The van der Waals surface area contributed by atoms with Crippen molar-refractivity contribution >= 4 is 16.5 Å². The number of hydrogen-bond donors (Lipinski definition) is 1. The van der Waals surface area contributed by atoms with Crippen LogP contribution in [0.25, 0.3) is 16.5 Å². The Morgan fingerprint density at radius 1 is 1.24 bits per heavy atom. The van der Waals surface area contributed by atoms with Gasteiger partial charge in [0.15, 0.2) is 0 Å². The van der Waals surface area contributed by atoms with E-state index in [9.17, 15) is 0 Å². The van der Waals surface area contributed by atoms with Crippen LogP contribution in [0.5, 0.6) is 0 Å². The molecule has 2 nitrogen and oxygen atoms in total. The molecule has 17 heavy (non-hydrogen) atoms. The van der Waals surface area contributed by atoms with Crippen molar-refractivity contribution in [3.8, 4) is 0 Å². The van der Waals surface area contributed by atoms with E-state index in [1.165, 1.54) is 16.5 Å². The molecule has 0 spiro atoms. The van der Waals surface area contributed by atoms with Crippen LogP contribution in [-0.2, 0) is 0 Å². The molecule has 0 unspecified atom stereocenters. The number of nitrogens with one attached hydrogen (secondary N) is 1. The fraction of sp³-hybridized carbons (Fsp3) is 0.333. The Labute approximate surface area is 101 Å². The number of para-hydroxylation sites is 1. The average Bonchev–Trinajstić information content (AvgIpc) is 2.76. The topological polar surface area (TPSA) is 25.2 Å². The number of hydrogen-bond acceptors (Lipinski definition) is 2. The summed E-state index contributed by atoms with van der Waals surface area (Å²) in [5.74, 6) is 0.